The molecule has 2 aromatic rings. The molecule has 0 aliphatic carbocycles. The van der Waals surface area contributed by atoms with Gasteiger partial charge in [-0.25, -0.2) is 15.0 Å². The Hall–Kier alpha value is -1.23. The van der Waals surface area contributed by atoms with Gasteiger partial charge < -0.3 is 5.32 Å². The average Bonchev–Trinajstić information content (AvgIpc) is 2.39. The van der Waals surface area contributed by atoms with Crippen LogP contribution in [-0.2, 0) is 6.54 Å². The fourth-order valence-corrected chi connectivity index (χ4v) is 2.05. The second kappa shape index (κ2) is 6.80. The van der Waals surface area contributed by atoms with Crippen LogP contribution in [0.2, 0.25) is 10.0 Å². The first-order chi connectivity index (χ1) is 9.20. The zero-order valence-electron chi connectivity index (χ0n) is 10.5. The molecule has 19 heavy (non-hydrogen) atoms. The summed E-state index contributed by atoms with van der Waals surface area (Å²) in [5, 5.41) is 4.23. The summed E-state index contributed by atoms with van der Waals surface area (Å²) in [6.45, 7) is 3.78. The van der Waals surface area contributed by atoms with Crippen molar-refractivity contribution in [3.05, 3.63) is 40.3 Å². The summed E-state index contributed by atoms with van der Waals surface area (Å²) in [6, 6.07) is 3.51. The van der Waals surface area contributed by atoms with Crippen LogP contribution in [0.4, 0.5) is 0 Å². The van der Waals surface area contributed by atoms with Gasteiger partial charge in [-0.2, -0.15) is 0 Å². The molecule has 0 saturated carbocycles. The van der Waals surface area contributed by atoms with Crippen LogP contribution in [0.3, 0.4) is 0 Å². The van der Waals surface area contributed by atoms with Gasteiger partial charge in [0.1, 0.15) is 5.69 Å². The van der Waals surface area contributed by atoms with E-state index in [2.05, 4.69) is 27.2 Å². The molecule has 0 amide bonds. The van der Waals surface area contributed by atoms with Crippen LogP contribution in [0.25, 0.3) is 11.5 Å². The molecule has 0 spiro atoms. The van der Waals surface area contributed by atoms with Crippen molar-refractivity contribution in [2.45, 2.75) is 19.9 Å². The lowest BCUT2D eigenvalue weighted by Gasteiger charge is -2.06. The van der Waals surface area contributed by atoms with E-state index in [1.807, 2.05) is 6.07 Å². The van der Waals surface area contributed by atoms with Crippen LogP contribution < -0.4 is 5.32 Å². The summed E-state index contributed by atoms with van der Waals surface area (Å²) in [5.74, 6) is 0.512. The molecule has 0 atom stereocenters. The summed E-state index contributed by atoms with van der Waals surface area (Å²) in [6.07, 6.45) is 4.33. The number of halogens is 2. The molecule has 6 heteroatoms. The predicted molar refractivity (Wildman–Crippen MR) is 77.3 cm³/mol. The fourth-order valence-electron chi connectivity index (χ4n) is 1.58. The third kappa shape index (κ3) is 3.86. The Kier molecular flexibility index (Phi) is 5.07. The van der Waals surface area contributed by atoms with E-state index in [1.54, 1.807) is 12.3 Å². The first kappa shape index (κ1) is 14.2. The maximum absolute atomic E-state index is 6.10. The van der Waals surface area contributed by atoms with Crippen LogP contribution in [0, 0.1) is 0 Å². The normalized spacial score (nSPS) is 10.7. The molecule has 2 aromatic heterocycles. The number of aromatic nitrogens is 3. The Bertz CT molecular complexity index is 560. The monoisotopic (exact) mass is 296 g/mol. The predicted octanol–water partition coefficient (Wildman–Crippen LogP) is 3.35. The molecule has 0 fully saturated rings. The van der Waals surface area contributed by atoms with Crippen molar-refractivity contribution < 1.29 is 0 Å². The van der Waals surface area contributed by atoms with Crippen molar-refractivity contribution in [2.75, 3.05) is 6.54 Å². The zero-order chi connectivity index (χ0) is 13.7. The lowest BCUT2D eigenvalue weighted by molar-refractivity contribution is 0.663. The van der Waals surface area contributed by atoms with E-state index in [1.165, 1.54) is 6.20 Å². The Morgan fingerprint density at radius 3 is 2.84 bits per heavy atom. The number of hydrogen-bond acceptors (Lipinski definition) is 4. The highest BCUT2D eigenvalue weighted by atomic mass is 35.5. The molecular weight excluding hydrogens is 283 g/mol. The largest absolute Gasteiger partial charge is 0.311 e. The highest BCUT2D eigenvalue weighted by molar-refractivity contribution is 6.35. The van der Waals surface area contributed by atoms with E-state index in [4.69, 9.17) is 23.2 Å². The number of hydrogen-bond donors (Lipinski definition) is 1. The van der Waals surface area contributed by atoms with Crippen LogP contribution in [-0.4, -0.2) is 21.5 Å². The van der Waals surface area contributed by atoms with Gasteiger partial charge in [0.15, 0.2) is 5.82 Å². The number of nitrogens with one attached hydrogen (secondary N) is 1. The summed E-state index contributed by atoms with van der Waals surface area (Å²) in [7, 11) is 0. The van der Waals surface area contributed by atoms with Gasteiger partial charge >= 0.3 is 0 Å². The standard InChI is InChI=1S/C13H14Cl2N4/c1-2-4-16-8-10-3-5-17-13(19-10)12-11(15)6-9(14)7-18-12/h3,5-7,16H,2,4,8H2,1H3. The summed E-state index contributed by atoms with van der Waals surface area (Å²) >= 11 is 11.9. The van der Waals surface area contributed by atoms with E-state index in [0.29, 0.717) is 28.1 Å². The van der Waals surface area contributed by atoms with Crippen molar-refractivity contribution >= 4 is 23.2 Å². The lowest BCUT2D eigenvalue weighted by Crippen LogP contribution is -2.15. The summed E-state index contributed by atoms with van der Waals surface area (Å²) < 4.78 is 0. The number of rotatable bonds is 5. The van der Waals surface area contributed by atoms with Gasteiger partial charge in [-0.15, -0.1) is 0 Å². The van der Waals surface area contributed by atoms with Crippen molar-refractivity contribution in [3.63, 3.8) is 0 Å². The fraction of sp³-hybridized carbons (Fsp3) is 0.308. The van der Waals surface area contributed by atoms with Gasteiger partial charge in [0.25, 0.3) is 0 Å². The van der Waals surface area contributed by atoms with Crippen LogP contribution >= 0.6 is 23.2 Å². The molecule has 0 saturated heterocycles. The molecule has 2 rings (SSSR count). The maximum Gasteiger partial charge on any atom is 0.179 e. The van der Waals surface area contributed by atoms with Crippen molar-refractivity contribution in [2.24, 2.45) is 0 Å². The highest BCUT2D eigenvalue weighted by Gasteiger charge is 2.09. The zero-order valence-corrected chi connectivity index (χ0v) is 12.0. The van der Waals surface area contributed by atoms with Gasteiger partial charge in [-0.3, -0.25) is 0 Å². The Morgan fingerprint density at radius 2 is 2.11 bits per heavy atom. The molecule has 2 heterocycles. The third-order valence-corrected chi connectivity index (χ3v) is 2.96. The lowest BCUT2D eigenvalue weighted by atomic mass is 10.3. The van der Waals surface area contributed by atoms with E-state index >= 15 is 0 Å². The second-order valence-corrected chi connectivity index (χ2v) is 4.88. The maximum atomic E-state index is 6.10. The first-order valence-electron chi connectivity index (χ1n) is 6.04. The molecule has 0 bridgehead atoms. The minimum atomic E-state index is 0.450. The molecule has 4 nitrogen and oxygen atoms in total. The van der Waals surface area contributed by atoms with E-state index in [9.17, 15) is 0 Å². The van der Waals surface area contributed by atoms with Crippen LogP contribution in [0.15, 0.2) is 24.5 Å². The highest BCUT2D eigenvalue weighted by Crippen LogP contribution is 2.25. The van der Waals surface area contributed by atoms with E-state index < -0.39 is 0 Å². The Morgan fingerprint density at radius 1 is 1.26 bits per heavy atom. The van der Waals surface area contributed by atoms with E-state index in [-0.39, 0.29) is 0 Å². The summed E-state index contributed by atoms with van der Waals surface area (Å²) in [5.41, 5.74) is 1.45. The Balaban J connectivity index is 2.22. The van der Waals surface area contributed by atoms with Gasteiger partial charge in [-0.05, 0) is 25.1 Å². The van der Waals surface area contributed by atoms with Gasteiger partial charge in [0.2, 0.25) is 0 Å². The van der Waals surface area contributed by atoms with Crippen LogP contribution in [0.1, 0.15) is 19.0 Å². The smallest absolute Gasteiger partial charge is 0.179 e. The van der Waals surface area contributed by atoms with Gasteiger partial charge in [0.05, 0.1) is 15.7 Å². The molecule has 0 aliphatic rings. The van der Waals surface area contributed by atoms with Gasteiger partial charge in [0, 0.05) is 18.9 Å². The molecule has 0 radical (unpaired) electrons. The Labute approximate surface area is 122 Å². The van der Waals surface area contributed by atoms with Crippen molar-refractivity contribution in [1.82, 2.24) is 20.3 Å². The quantitative estimate of drug-likeness (QED) is 0.860. The third-order valence-electron chi connectivity index (χ3n) is 2.47. The number of nitrogens with zero attached hydrogens (tertiary/aromatic N) is 3. The molecule has 0 aliphatic heterocycles. The molecule has 0 unspecified atom stereocenters. The van der Waals surface area contributed by atoms with Crippen LogP contribution in [0.5, 0.6) is 0 Å². The van der Waals surface area contributed by atoms with Gasteiger partial charge in [-0.1, -0.05) is 30.1 Å². The summed E-state index contributed by atoms with van der Waals surface area (Å²) in [4.78, 5) is 12.8. The molecule has 0 aromatic carbocycles. The minimum absolute atomic E-state index is 0.450. The van der Waals surface area contributed by atoms with Crippen molar-refractivity contribution in [3.8, 4) is 11.5 Å². The number of pyridine rings is 1. The minimum Gasteiger partial charge on any atom is -0.311 e. The second-order valence-electron chi connectivity index (χ2n) is 4.03. The SMILES string of the molecule is CCCNCc1ccnc(-c2ncc(Cl)cc2Cl)n1. The topological polar surface area (TPSA) is 50.7 Å². The van der Waals surface area contributed by atoms with Crippen molar-refractivity contribution in [1.29, 1.82) is 0 Å². The molecular formula is C13H14Cl2N4. The first-order valence-corrected chi connectivity index (χ1v) is 6.80. The van der Waals surface area contributed by atoms with E-state index in [0.717, 1.165) is 18.7 Å². The average molecular weight is 297 g/mol. The molecule has 100 valence electrons. The molecule has 1 N–H and O–H groups in total.